The molecule has 1 unspecified atom stereocenters. The minimum Gasteiger partial charge on any atom is -0.497 e. The van der Waals surface area contributed by atoms with E-state index in [-0.39, 0.29) is 4.90 Å². The van der Waals surface area contributed by atoms with Gasteiger partial charge in [-0.25, -0.2) is 0 Å². The highest BCUT2D eigenvalue weighted by atomic mass is 32.3. The molecular formula is C22H21NO3S2. The molecule has 3 aromatic carbocycles. The van der Waals surface area contributed by atoms with E-state index in [0.29, 0.717) is 5.75 Å². The molecule has 0 aromatic heterocycles. The van der Waals surface area contributed by atoms with E-state index in [0.717, 1.165) is 16.0 Å². The van der Waals surface area contributed by atoms with Gasteiger partial charge in [0.05, 0.1) is 12.0 Å². The minimum absolute atomic E-state index is 0.192. The standard InChI is InChI=1S/C22H21NO3S2/c1-18-8-14-22(15-9-18)28(24,25)23-27(17-16-19-6-4-3-5-7-19)21-12-10-20(26-2)11-13-21/h3-17H,1-2H3/b17-16+. The molecule has 3 rings (SSSR count). The molecule has 144 valence electrons. The first-order chi connectivity index (χ1) is 13.5. The van der Waals surface area contributed by atoms with Crippen molar-refractivity contribution in [2.24, 2.45) is 3.77 Å². The molecule has 0 aliphatic carbocycles. The van der Waals surface area contributed by atoms with Crippen molar-refractivity contribution < 1.29 is 13.2 Å². The first kappa shape index (κ1) is 20.0. The molecule has 0 spiro atoms. The Morgan fingerprint density at radius 1 is 0.893 bits per heavy atom. The summed E-state index contributed by atoms with van der Waals surface area (Å²) in [6, 6.07) is 23.7. The Labute approximate surface area is 168 Å². The number of hydrogen-bond donors (Lipinski definition) is 0. The third-order valence-corrected chi connectivity index (χ3v) is 7.43. The number of aryl methyl sites for hydroxylation is 1. The van der Waals surface area contributed by atoms with E-state index in [1.807, 2.05) is 60.9 Å². The summed E-state index contributed by atoms with van der Waals surface area (Å²) >= 11 is 0. The quantitative estimate of drug-likeness (QED) is 0.558. The molecule has 0 saturated carbocycles. The zero-order valence-corrected chi connectivity index (χ0v) is 17.3. The molecule has 3 aromatic rings. The lowest BCUT2D eigenvalue weighted by Crippen LogP contribution is -2.00. The monoisotopic (exact) mass is 411 g/mol. The van der Waals surface area contributed by atoms with Gasteiger partial charge in [-0.15, -0.1) is 3.77 Å². The van der Waals surface area contributed by atoms with Gasteiger partial charge in [0.25, 0.3) is 10.0 Å². The summed E-state index contributed by atoms with van der Waals surface area (Å²) in [7, 11) is -3.17. The van der Waals surface area contributed by atoms with E-state index in [1.54, 1.807) is 43.5 Å². The fraction of sp³-hybridized carbons (Fsp3) is 0.0909. The van der Waals surface area contributed by atoms with Crippen LogP contribution in [0.5, 0.6) is 5.75 Å². The number of sulfonamides is 1. The predicted octanol–water partition coefficient (Wildman–Crippen LogP) is 5.22. The van der Waals surface area contributed by atoms with Gasteiger partial charge in [0.15, 0.2) is 0 Å². The topological polar surface area (TPSA) is 55.7 Å². The van der Waals surface area contributed by atoms with Crippen molar-refractivity contribution in [3.8, 4) is 5.75 Å². The lowest BCUT2D eigenvalue weighted by atomic mass is 10.2. The third-order valence-electron chi connectivity index (χ3n) is 3.99. The second-order valence-corrected chi connectivity index (χ2v) is 9.46. The van der Waals surface area contributed by atoms with Crippen molar-refractivity contribution in [1.29, 1.82) is 0 Å². The van der Waals surface area contributed by atoms with Crippen molar-refractivity contribution in [2.45, 2.75) is 16.7 Å². The number of ether oxygens (including phenoxy) is 1. The molecule has 28 heavy (non-hydrogen) atoms. The Hall–Kier alpha value is -2.70. The van der Waals surface area contributed by atoms with Gasteiger partial charge in [0, 0.05) is 4.90 Å². The predicted molar refractivity (Wildman–Crippen MR) is 115 cm³/mol. The van der Waals surface area contributed by atoms with Gasteiger partial charge in [0.1, 0.15) is 5.75 Å². The SMILES string of the molecule is COc1ccc(S(/C=C/c2ccccc2)=NS(=O)(=O)c2ccc(C)cc2)cc1. The van der Waals surface area contributed by atoms with Crippen LogP contribution in [0.3, 0.4) is 0 Å². The fourth-order valence-corrected chi connectivity index (χ4v) is 5.50. The zero-order chi connectivity index (χ0) is 20.0. The van der Waals surface area contributed by atoms with Gasteiger partial charge >= 0.3 is 0 Å². The summed E-state index contributed by atoms with van der Waals surface area (Å²) in [5, 5.41) is 1.82. The second-order valence-electron chi connectivity index (χ2n) is 6.07. The molecule has 0 bridgehead atoms. The molecule has 0 saturated heterocycles. The van der Waals surface area contributed by atoms with E-state index < -0.39 is 20.7 Å². The van der Waals surface area contributed by atoms with Crippen LogP contribution in [0, 0.1) is 6.92 Å². The lowest BCUT2D eigenvalue weighted by Gasteiger charge is -2.07. The van der Waals surface area contributed by atoms with Crippen molar-refractivity contribution in [3.05, 3.63) is 95.4 Å². The van der Waals surface area contributed by atoms with Crippen LogP contribution in [-0.4, -0.2) is 15.5 Å². The van der Waals surface area contributed by atoms with Crippen LogP contribution in [-0.2, 0) is 20.7 Å². The van der Waals surface area contributed by atoms with Gasteiger partial charge in [-0.05, 0) is 71.1 Å². The highest BCUT2D eigenvalue weighted by Gasteiger charge is 2.14. The van der Waals surface area contributed by atoms with E-state index >= 15 is 0 Å². The summed E-state index contributed by atoms with van der Waals surface area (Å²) in [5.74, 6) is 0.709. The van der Waals surface area contributed by atoms with Gasteiger partial charge in [-0.1, -0.05) is 48.0 Å². The summed E-state index contributed by atoms with van der Waals surface area (Å²) in [5.41, 5.74) is 1.98. The number of benzene rings is 3. The van der Waals surface area contributed by atoms with Crippen LogP contribution in [0.25, 0.3) is 6.08 Å². The smallest absolute Gasteiger partial charge is 0.288 e. The summed E-state index contributed by atoms with van der Waals surface area (Å²) in [6.45, 7) is 1.91. The average Bonchev–Trinajstić information content (AvgIpc) is 2.72. The van der Waals surface area contributed by atoms with Gasteiger partial charge in [0.2, 0.25) is 0 Å². The summed E-state index contributed by atoms with van der Waals surface area (Å²) < 4.78 is 35.1. The Kier molecular flexibility index (Phi) is 6.44. The molecular weight excluding hydrogens is 390 g/mol. The van der Waals surface area contributed by atoms with Crippen molar-refractivity contribution >= 4 is 26.8 Å². The van der Waals surface area contributed by atoms with Gasteiger partial charge < -0.3 is 4.74 Å². The van der Waals surface area contributed by atoms with Crippen LogP contribution in [0.15, 0.2) is 97.8 Å². The molecule has 1 atom stereocenters. The molecule has 0 aliphatic heterocycles. The van der Waals surface area contributed by atoms with Crippen molar-refractivity contribution in [1.82, 2.24) is 0 Å². The number of rotatable bonds is 6. The van der Waals surface area contributed by atoms with Crippen LogP contribution in [0.2, 0.25) is 0 Å². The van der Waals surface area contributed by atoms with E-state index in [9.17, 15) is 8.42 Å². The number of hydrogen-bond acceptors (Lipinski definition) is 3. The Bertz CT molecular complexity index is 1090. The largest absolute Gasteiger partial charge is 0.497 e. The van der Waals surface area contributed by atoms with Crippen LogP contribution < -0.4 is 4.74 Å². The average molecular weight is 412 g/mol. The highest BCUT2D eigenvalue weighted by Crippen LogP contribution is 2.21. The van der Waals surface area contributed by atoms with Gasteiger partial charge in [-0.2, -0.15) is 8.42 Å². The second kappa shape index (κ2) is 8.99. The maximum absolute atomic E-state index is 12.8. The Morgan fingerprint density at radius 3 is 2.14 bits per heavy atom. The van der Waals surface area contributed by atoms with Crippen LogP contribution in [0.1, 0.15) is 11.1 Å². The van der Waals surface area contributed by atoms with E-state index in [4.69, 9.17) is 4.74 Å². The molecule has 0 fully saturated rings. The highest BCUT2D eigenvalue weighted by molar-refractivity contribution is 8.01. The maximum Gasteiger partial charge on any atom is 0.288 e. The third kappa shape index (κ3) is 5.18. The molecule has 0 amide bonds. The van der Waals surface area contributed by atoms with Crippen molar-refractivity contribution in [3.63, 3.8) is 0 Å². The normalized spacial score (nSPS) is 12.9. The molecule has 0 N–H and O–H groups in total. The molecule has 0 aliphatic rings. The number of methoxy groups -OCH3 is 1. The summed E-state index contributed by atoms with van der Waals surface area (Å²) in [4.78, 5) is 0.987. The van der Waals surface area contributed by atoms with Crippen LogP contribution in [0.4, 0.5) is 0 Å². The molecule has 6 heteroatoms. The van der Waals surface area contributed by atoms with Crippen molar-refractivity contribution in [2.75, 3.05) is 7.11 Å². The number of nitrogens with zero attached hydrogens (tertiary/aromatic N) is 1. The van der Waals surface area contributed by atoms with Crippen LogP contribution >= 0.6 is 0 Å². The molecule has 0 radical (unpaired) electrons. The minimum atomic E-state index is -3.79. The summed E-state index contributed by atoms with van der Waals surface area (Å²) in [6.07, 6.45) is 1.89. The first-order valence-corrected chi connectivity index (χ1v) is 11.3. The van der Waals surface area contributed by atoms with E-state index in [2.05, 4.69) is 3.77 Å². The first-order valence-electron chi connectivity index (χ1n) is 8.63. The Morgan fingerprint density at radius 2 is 1.54 bits per heavy atom. The van der Waals surface area contributed by atoms with Gasteiger partial charge in [-0.3, -0.25) is 0 Å². The zero-order valence-electron chi connectivity index (χ0n) is 15.6. The Balaban J connectivity index is 2.04. The lowest BCUT2D eigenvalue weighted by molar-refractivity contribution is 0.414. The van der Waals surface area contributed by atoms with E-state index in [1.165, 1.54) is 0 Å². The fourth-order valence-electron chi connectivity index (χ4n) is 2.43. The maximum atomic E-state index is 12.8. The molecule has 4 nitrogen and oxygen atoms in total. The molecule has 0 heterocycles.